The molecule has 4 amide bonds. The van der Waals surface area contributed by atoms with Gasteiger partial charge in [-0.15, -0.1) is 0 Å². The Labute approximate surface area is 155 Å². The lowest BCUT2D eigenvalue weighted by atomic mass is 9.90. The van der Waals surface area contributed by atoms with Crippen molar-refractivity contribution < 1.29 is 14.4 Å². The third-order valence-corrected chi connectivity index (χ3v) is 5.36. The van der Waals surface area contributed by atoms with E-state index in [0.717, 1.165) is 30.6 Å². The minimum absolute atomic E-state index is 0.270. The van der Waals surface area contributed by atoms with Crippen molar-refractivity contribution in [3.63, 3.8) is 0 Å². The summed E-state index contributed by atoms with van der Waals surface area (Å²) in [6, 6.07) is 4.33. The summed E-state index contributed by atoms with van der Waals surface area (Å²) in [5.41, 5.74) is -0.581. The molecule has 2 N–H and O–H groups in total. The highest BCUT2D eigenvalue weighted by molar-refractivity contribution is 6.39. The Balaban J connectivity index is 1.71. The van der Waals surface area contributed by atoms with Crippen molar-refractivity contribution in [1.82, 2.24) is 10.2 Å². The van der Waals surface area contributed by atoms with Gasteiger partial charge in [-0.1, -0.05) is 55.0 Å². The second-order valence-corrected chi connectivity index (χ2v) is 7.28. The van der Waals surface area contributed by atoms with Gasteiger partial charge in [0, 0.05) is 0 Å². The molecular formula is C17H19Cl2N3O3. The van der Waals surface area contributed by atoms with Crippen LogP contribution in [0.5, 0.6) is 0 Å². The second-order valence-electron chi connectivity index (χ2n) is 6.46. The molecule has 1 heterocycles. The third-order valence-electron chi connectivity index (χ3n) is 4.73. The lowest BCUT2D eigenvalue weighted by Crippen LogP contribution is -2.47. The summed E-state index contributed by atoms with van der Waals surface area (Å²) in [6.45, 7) is -0.367. The predicted octanol–water partition coefficient (Wildman–Crippen LogP) is 3.58. The summed E-state index contributed by atoms with van der Waals surface area (Å²) < 4.78 is 0. The number of imide groups is 1. The van der Waals surface area contributed by atoms with E-state index in [9.17, 15) is 14.4 Å². The first-order valence-electron chi connectivity index (χ1n) is 8.31. The van der Waals surface area contributed by atoms with Gasteiger partial charge in [-0.3, -0.25) is 14.5 Å². The van der Waals surface area contributed by atoms with Gasteiger partial charge in [0.05, 0.1) is 15.7 Å². The number of nitrogens with zero attached hydrogens (tertiary/aromatic N) is 1. The van der Waals surface area contributed by atoms with Gasteiger partial charge in [-0.25, -0.2) is 4.79 Å². The zero-order valence-corrected chi connectivity index (χ0v) is 15.1. The quantitative estimate of drug-likeness (QED) is 0.782. The highest BCUT2D eigenvalue weighted by atomic mass is 35.5. The number of anilines is 1. The molecule has 1 saturated heterocycles. The van der Waals surface area contributed by atoms with Crippen molar-refractivity contribution in [2.24, 2.45) is 0 Å². The molecule has 3 rings (SSSR count). The second kappa shape index (κ2) is 7.22. The molecule has 0 unspecified atom stereocenters. The smallest absolute Gasteiger partial charge is 0.323 e. The molecule has 0 bridgehead atoms. The minimum atomic E-state index is -0.851. The number of carbonyl (C=O) groups excluding carboxylic acids is 3. The molecule has 6 nitrogen and oxygen atoms in total. The van der Waals surface area contributed by atoms with E-state index in [1.807, 2.05) is 0 Å². The molecule has 1 aromatic rings. The topological polar surface area (TPSA) is 78.5 Å². The summed E-state index contributed by atoms with van der Waals surface area (Å²) in [4.78, 5) is 38.3. The Morgan fingerprint density at radius 2 is 1.72 bits per heavy atom. The number of amides is 4. The lowest BCUT2D eigenvalue weighted by molar-refractivity contribution is -0.134. The van der Waals surface area contributed by atoms with E-state index >= 15 is 0 Å². The number of hydrogen-bond acceptors (Lipinski definition) is 3. The number of halogens is 2. The van der Waals surface area contributed by atoms with Crippen LogP contribution in [-0.2, 0) is 9.59 Å². The van der Waals surface area contributed by atoms with Crippen molar-refractivity contribution in [2.75, 3.05) is 11.9 Å². The predicted molar refractivity (Wildman–Crippen MR) is 95.8 cm³/mol. The van der Waals surface area contributed by atoms with Crippen LogP contribution >= 0.6 is 23.2 Å². The Bertz CT molecular complexity index is 695. The van der Waals surface area contributed by atoms with Crippen LogP contribution in [0.15, 0.2) is 18.2 Å². The molecular weight excluding hydrogens is 365 g/mol. The van der Waals surface area contributed by atoms with Crippen molar-refractivity contribution in [3.05, 3.63) is 28.2 Å². The van der Waals surface area contributed by atoms with Gasteiger partial charge < -0.3 is 10.6 Å². The van der Waals surface area contributed by atoms with Gasteiger partial charge in [-0.2, -0.15) is 0 Å². The summed E-state index contributed by atoms with van der Waals surface area (Å²) in [5, 5.41) is 5.96. The fourth-order valence-corrected chi connectivity index (χ4v) is 3.92. The molecule has 25 heavy (non-hydrogen) atoms. The largest absolute Gasteiger partial charge is 0.325 e. The van der Waals surface area contributed by atoms with Crippen LogP contribution < -0.4 is 10.6 Å². The summed E-state index contributed by atoms with van der Waals surface area (Å²) in [5.74, 6) is -0.844. The van der Waals surface area contributed by atoms with Gasteiger partial charge in [0.1, 0.15) is 12.1 Å². The van der Waals surface area contributed by atoms with Crippen molar-refractivity contribution in [1.29, 1.82) is 0 Å². The number of para-hydroxylation sites is 1. The standard InChI is InChI=1S/C17H19Cl2N3O3/c18-11-6-5-7-12(19)14(11)20-13(23)10-22-15(24)17(21-16(22)25)8-3-1-2-4-9-17/h5-7H,1-4,8-10H2,(H,20,23)(H,21,25). The number of carbonyl (C=O) groups is 3. The Morgan fingerprint density at radius 1 is 1.12 bits per heavy atom. The minimum Gasteiger partial charge on any atom is -0.323 e. The summed E-state index contributed by atoms with van der Waals surface area (Å²) in [7, 11) is 0. The van der Waals surface area contributed by atoms with E-state index in [1.54, 1.807) is 18.2 Å². The van der Waals surface area contributed by atoms with Gasteiger partial charge in [-0.05, 0) is 25.0 Å². The Morgan fingerprint density at radius 3 is 2.32 bits per heavy atom. The number of nitrogens with one attached hydrogen (secondary N) is 2. The molecule has 8 heteroatoms. The van der Waals surface area contributed by atoms with Crippen LogP contribution in [0, 0.1) is 0 Å². The molecule has 1 aromatic carbocycles. The molecule has 2 aliphatic rings. The van der Waals surface area contributed by atoms with E-state index in [4.69, 9.17) is 23.2 Å². The molecule has 2 fully saturated rings. The zero-order chi connectivity index (χ0) is 18.0. The molecule has 1 aliphatic carbocycles. The van der Waals surface area contributed by atoms with Gasteiger partial charge in [0.25, 0.3) is 5.91 Å². The molecule has 1 spiro atoms. The van der Waals surface area contributed by atoms with Crippen molar-refractivity contribution in [3.8, 4) is 0 Å². The van der Waals surface area contributed by atoms with E-state index in [2.05, 4.69) is 10.6 Å². The van der Waals surface area contributed by atoms with Crippen LogP contribution in [0.1, 0.15) is 38.5 Å². The molecule has 0 atom stereocenters. The van der Waals surface area contributed by atoms with Crippen molar-refractivity contribution in [2.45, 2.75) is 44.1 Å². The SMILES string of the molecule is O=C(CN1C(=O)NC2(CCCCCC2)C1=O)Nc1c(Cl)cccc1Cl. The lowest BCUT2D eigenvalue weighted by Gasteiger charge is -2.24. The highest BCUT2D eigenvalue weighted by Crippen LogP contribution is 2.33. The average molecular weight is 384 g/mol. The fraction of sp³-hybridized carbons (Fsp3) is 0.471. The number of rotatable bonds is 3. The summed E-state index contributed by atoms with van der Waals surface area (Å²) in [6.07, 6.45) is 5.12. The first kappa shape index (κ1) is 18.0. The van der Waals surface area contributed by atoms with Gasteiger partial charge in [0.2, 0.25) is 5.91 Å². The molecule has 1 aliphatic heterocycles. The normalized spacial score (nSPS) is 19.7. The van der Waals surface area contributed by atoms with Crippen LogP contribution in [0.3, 0.4) is 0 Å². The van der Waals surface area contributed by atoms with E-state index in [0.29, 0.717) is 22.9 Å². The third kappa shape index (κ3) is 3.60. The van der Waals surface area contributed by atoms with Crippen LogP contribution in [0.25, 0.3) is 0 Å². The van der Waals surface area contributed by atoms with E-state index in [1.165, 1.54) is 0 Å². The maximum atomic E-state index is 12.8. The first-order chi connectivity index (χ1) is 11.9. The van der Waals surface area contributed by atoms with Crippen molar-refractivity contribution >= 4 is 46.7 Å². The molecule has 1 saturated carbocycles. The van der Waals surface area contributed by atoms with Gasteiger partial charge >= 0.3 is 6.03 Å². The molecule has 134 valence electrons. The Kier molecular flexibility index (Phi) is 5.20. The number of hydrogen-bond donors (Lipinski definition) is 2. The maximum absolute atomic E-state index is 12.8. The van der Waals surface area contributed by atoms with E-state index < -0.39 is 17.5 Å². The first-order valence-corrected chi connectivity index (χ1v) is 9.06. The molecule has 0 radical (unpaired) electrons. The Hall–Kier alpha value is -1.79. The monoisotopic (exact) mass is 383 g/mol. The average Bonchev–Trinajstić information content (AvgIpc) is 2.74. The van der Waals surface area contributed by atoms with Crippen LogP contribution in [-0.4, -0.2) is 34.8 Å². The van der Waals surface area contributed by atoms with Crippen LogP contribution in [0.2, 0.25) is 10.0 Å². The maximum Gasteiger partial charge on any atom is 0.325 e. The molecule has 0 aromatic heterocycles. The van der Waals surface area contributed by atoms with Crippen LogP contribution in [0.4, 0.5) is 10.5 Å². The van der Waals surface area contributed by atoms with E-state index in [-0.39, 0.29) is 18.1 Å². The number of benzene rings is 1. The van der Waals surface area contributed by atoms with Gasteiger partial charge in [0.15, 0.2) is 0 Å². The number of urea groups is 1. The fourth-order valence-electron chi connectivity index (χ4n) is 3.43. The summed E-state index contributed by atoms with van der Waals surface area (Å²) >= 11 is 12.0. The zero-order valence-electron chi connectivity index (χ0n) is 13.6. The highest BCUT2D eigenvalue weighted by Gasteiger charge is 2.51.